The van der Waals surface area contributed by atoms with Gasteiger partial charge in [0.1, 0.15) is 17.2 Å². The third-order valence-corrected chi connectivity index (χ3v) is 6.56. The summed E-state index contributed by atoms with van der Waals surface area (Å²) < 4.78 is 12.5. The molecule has 3 aromatic rings. The van der Waals surface area contributed by atoms with Crippen LogP contribution in [0.2, 0.25) is 5.02 Å². The summed E-state index contributed by atoms with van der Waals surface area (Å²) in [5, 5.41) is 12.7. The maximum Gasteiger partial charge on any atom is 0.348 e. The second-order valence-corrected chi connectivity index (χ2v) is 8.76. The van der Waals surface area contributed by atoms with Gasteiger partial charge in [0.2, 0.25) is 5.91 Å². The van der Waals surface area contributed by atoms with Crippen LogP contribution < -0.4 is 10.1 Å². The van der Waals surface area contributed by atoms with E-state index in [0.717, 1.165) is 5.56 Å². The molecule has 0 bridgehead atoms. The molecular formula is C20H21ClN4O4S2. The van der Waals surface area contributed by atoms with E-state index in [0.29, 0.717) is 38.2 Å². The number of esters is 1. The van der Waals surface area contributed by atoms with Crippen molar-refractivity contribution in [1.29, 1.82) is 0 Å². The van der Waals surface area contributed by atoms with Gasteiger partial charge in [-0.3, -0.25) is 4.79 Å². The minimum Gasteiger partial charge on any atom is -0.484 e. The largest absolute Gasteiger partial charge is 0.484 e. The van der Waals surface area contributed by atoms with Gasteiger partial charge in [-0.25, -0.2) is 4.79 Å². The van der Waals surface area contributed by atoms with Crippen molar-refractivity contribution in [3.05, 3.63) is 51.6 Å². The van der Waals surface area contributed by atoms with E-state index in [-0.39, 0.29) is 24.2 Å². The topological polar surface area (TPSA) is 95.3 Å². The number of thioether (sulfide) groups is 1. The van der Waals surface area contributed by atoms with Gasteiger partial charge in [-0.1, -0.05) is 35.5 Å². The van der Waals surface area contributed by atoms with Crippen molar-refractivity contribution < 1.29 is 19.1 Å². The number of halogens is 1. The number of nitrogens with one attached hydrogen (secondary N) is 1. The van der Waals surface area contributed by atoms with Crippen molar-refractivity contribution in [3.63, 3.8) is 0 Å². The van der Waals surface area contributed by atoms with E-state index >= 15 is 0 Å². The number of hydrogen-bond acceptors (Lipinski definition) is 8. The fraction of sp³-hybridized carbons (Fsp3) is 0.300. The molecular weight excluding hydrogens is 460 g/mol. The lowest BCUT2D eigenvalue weighted by molar-refractivity contribution is -0.113. The van der Waals surface area contributed by atoms with Gasteiger partial charge in [0.15, 0.2) is 11.0 Å². The van der Waals surface area contributed by atoms with E-state index in [1.807, 2.05) is 12.1 Å². The Morgan fingerprint density at radius 3 is 2.81 bits per heavy atom. The number of rotatable bonds is 9. The van der Waals surface area contributed by atoms with E-state index < -0.39 is 0 Å². The average molecular weight is 481 g/mol. The quantitative estimate of drug-likeness (QED) is 0.360. The second kappa shape index (κ2) is 10.7. The molecule has 0 unspecified atom stereocenters. The van der Waals surface area contributed by atoms with Crippen LogP contribution in [0.25, 0.3) is 0 Å². The number of nitrogens with zero attached hydrogens (tertiary/aromatic N) is 3. The van der Waals surface area contributed by atoms with Crippen molar-refractivity contribution in [2.24, 2.45) is 7.05 Å². The third kappa shape index (κ3) is 5.99. The van der Waals surface area contributed by atoms with Crippen LogP contribution in [-0.2, 0) is 23.2 Å². The molecule has 2 heterocycles. The summed E-state index contributed by atoms with van der Waals surface area (Å²) in [6.07, 6.45) is 0. The zero-order valence-electron chi connectivity index (χ0n) is 17.2. The van der Waals surface area contributed by atoms with Gasteiger partial charge >= 0.3 is 5.97 Å². The highest BCUT2D eigenvalue weighted by Crippen LogP contribution is 2.28. The first-order chi connectivity index (χ1) is 14.9. The van der Waals surface area contributed by atoms with Crippen LogP contribution in [0.5, 0.6) is 5.75 Å². The lowest BCUT2D eigenvalue weighted by Gasteiger charge is -2.07. The number of aromatic nitrogens is 3. The summed E-state index contributed by atoms with van der Waals surface area (Å²) in [5.41, 5.74) is 0.767. The molecule has 0 atom stereocenters. The van der Waals surface area contributed by atoms with E-state index in [1.54, 1.807) is 43.7 Å². The standard InChI is InChI=1S/C20H21ClN4O4S2/c1-4-28-19(27)18-12(2)9-17(31-18)22-16(26)11-30-20-24-23-15(25(20)3)10-29-14-8-6-5-7-13(14)21/h5-9H,4,10-11H2,1-3H3,(H,22,26). The van der Waals surface area contributed by atoms with Gasteiger partial charge in [0, 0.05) is 7.05 Å². The first kappa shape index (κ1) is 23.1. The monoisotopic (exact) mass is 480 g/mol. The summed E-state index contributed by atoms with van der Waals surface area (Å²) in [5.74, 6) is 0.720. The molecule has 0 aliphatic carbocycles. The highest BCUT2D eigenvalue weighted by Gasteiger charge is 2.17. The smallest absolute Gasteiger partial charge is 0.348 e. The Balaban J connectivity index is 1.53. The fourth-order valence-corrected chi connectivity index (χ4v) is 4.45. The van der Waals surface area contributed by atoms with Gasteiger partial charge < -0.3 is 19.4 Å². The Bertz CT molecular complexity index is 1080. The summed E-state index contributed by atoms with van der Waals surface area (Å²) in [6, 6.07) is 8.94. The van der Waals surface area contributed by atoms with E-state index in [4.69, 9.17) is 21.1 Å². The lowest BCUT2D eigenvalue weighted by atomic mass is 10.3. The molecule has 1 N–H and O–H groups in total. The average Bonchev–Trinajstić information content (AvgIpc) is 3.28. The first-order valence-corrected chi connectivity index (χ1v) is 11.5. The van der Waals surface area contributed by atoms with Crippen LogP contribution >= 0.6 is 34.7 Å². The first-order valence-electron chi connectivity index (χ1n) is 9.34. The van der Waals surface area contributed by atoms with Crippen molar-refractivity contribution >= 4 is 51.6 Å². The van der Waals surface area contributed by atoms with Crippen LogP contribution in [0.15, 0.2) is 35.5 Å². The number of carbonyl (C=O) groups is 2. The molecule has 1 amide bonds. The fourth-order valence-electron chi connectivity index (χ4n) is 2.55. The van der Waals surface area contributed by atoms with Gasteiger partial charge in [0.25, 0.3) is 0 Å². The van der Waals surface area contributed by atoms with Crippen molar-refractivity contribution in [1.82, 2.24) is 14.8 Å². The maximum atomic E-state index is 12.3. The molecule has 0 aliphatic rings. The molecule has 0 saturated carbocycles. The molecule has 31 heavy (non-hydrogen) atoms. The number of carbonyl (C=O) groups excluding carboxylic acids is 2. The van der Waals surface area contributed by atoms with Crippen LogP contribution in [-0.4, -0.2) is 39.0 Å². The Morgan fingerprint density at radius 1 is 1.29 bits per heavy atom. The normalized spacial score (nSPS) is 10.7. The van der Waals surface area contributed by atoms with Crippen molar-refractivity contribution in [2.75, 3.05) is 17.7 Å². The third-order valence-electron chi connectivity index (χ3n) is 4.09. The van der Waals surface area contributed by atoms with Crippen molar-refractivity contribution in [3.8, 4) is 5.75 Å². The molecule has 3 rings (SSSR count). The zero-order chi connectivity index (χ0) is 22.4. The second-order valence-electron chi connectivity index (χ2n) is 6.36. The number of benzene rings is 1. The lowest BCUT2D eigenvalue weighted by Crippen LogP contribution is -2.13. The van der Waals surface area contributed by atoms with Gasteiger partial charge in [0.05, 0.1) is 22.4 Å². The number of ether oxygens (including phenoxy) is 2. The number of thiophene rings is 1. The number of amides is 1. The van der Waals surface area contributed by atoms with Gasteiger partial charge in [-0.15, -0.1) is 21.5 Å². The summed E-state index contributed by atoms with van der Waals surface area (Å²) in [7, 11) is 1.81. The SMILES string of the molecule is CCOC(=O)c1sc(NC(=O)CSc2nnc(COc3ccccc3Cl)n2C)cc1C. The number of hydrogen-bond donors (Lipinski definition) is 1. The van der Waals surface area contributed by atoms with Gasteiger partial charge in [-0.05, 0) is 37.6 Å². The summed E-state index contributed by atoms with van der Waals surface area (Å²) in [4.78, 5) is 24.7. The molecule has 0 spiro atoms. The summed E-state index contributed by atoms with van der Waals surface area (Å²) in [6.45, 7) is 4.06. The molecule has 2 aromatic heterocycles. The molecule has 0 fully saturated rings. The van der Waals surface area contributed by atoms with Crippen LogP contribution in [0.1, 0.15) is 28.0 Å². The van der Waals surface area contributed by atoms with Crippen LogP contribution in [0.3, 0.4) is 0 Å². The van der Waals surface area contributed by atoms with E-state index in [2.05, 4.69) is 15.5 Å². The molecule has 1 aromatic carbocycles. The predicted molar refractivity (Wildman–Crippen MR) is 121 cm³/mol. The van der Waals surface area contributed by atoms with Crippen LogP contribution in [0.4, 0.5) is 5.00 Å². The zero-order valence-corrected chi connectivity index (χ0v) is 19.6. The highest BCUT2D eigenvalue weighted by molar-refractivity contribution is 7.99. The number of aryl methyl sites for hydroxylation is 1. The Hall–Kier alpha value is -2.56. The minimum absolute atomic E-state index is 0.142. The Labute approximate surface area is 192 Å². The molecule has 8 nitrogen and oxygen atoms in total. The van der Waals surface area contributed by atoms with Crippen LogP contribution in [0, 0.1) is 6.92 Å². The Morgan fingerprint density at radius 2 is 2.06 bits per heavy atom. The number of anilines is 1. The summed E-state index contributed by atoms with van der Waals surface area (Å²) >= 11 is 8.54. The Kier molecular flexibility index (Phi) is 7.94. The van der Waals surface area contributed by atoms with Crippen molar-refractivity contribution in [2.45, 2.75) is 25.6 Å². The van der Waals surface area contributed by atoms with E-state index in [9.17, 15) is 9.59 Å². The minimum atomic E-state index is -0.384. The molecule has 164 valence electrons. The molecule has 0 aliphatic heterocycles. The number of para-hydroxylation sites is 1. The van der Waals surface area contributed by atoms with Gasteiger partial charge in [-0.2, -0.15) is 0 Å². The van der Waals surface area contributed by atoms with E-state index in [1.165, 1.54) is 23.1 Å². The maximum absolute atomic E-state index is 12.3. The molecule has 0 radical (unpaired) electrons. The highest BCUT2D eigenvalue weighted by atomic mass is 35.5. The molecule has 11 heteroatoms. The predicted octanol–water partition coefficient (Wildman–Crippen LogP) is 4.32. The molecule has 0 saturated heterocycles.